The van der Waals surface area contributed by atoms with Crippen molar-refractivity contribution >= 4 is 33.0 Å². The van der Waals surface area contributed by atoms with Crippen molar-refractivity contribution in [1.82, 2.24) is 9.71 Å². The number of sulfonamides is 1. The van der Waals surface area contributed by atoms with E-state index in [9.17, 15) is 13.2 Å². The van der Waals surface area contributed by atoms with Crippen LogP contribution in [0.2, 0.25) is 0 Å². The molecule has 5 rings (SSSR count). The van der Waals surface area contributed by atoms with Gasteiger partial charge in [-0.25, -0.2) is 18.1 Å². The van der Waals surface area contributed by atoms with Crippen LogP contribution >= 0.6 is 11.3 Å². The maximum absolute atomic E-state index is 14.3. The second-order valence-electron chi connectivity index (χ2n) is 13.5. The van der Waals surface area contributed by atoms with Gasteiger partial charge in [0.2, 0.25) is 15.9 Å². The minimum atomic E-state index is -3.26. The number of methoxy groups -OCH3 is 1. The van der Waals surface area contributed by atoms with Gasteiger partial charge in [-0.05, 0) is 119 Å². The predicted octanol–water partition coefficient (Wildman–Crippen LogP) is 7.99. The summed E-state index contributed by atoms with van der Waals surface area (Å²) in [6.07, 6.45) is 16.7. The molecule has 45 heavy (non-hydrogen) atoms. The van der Waals surface area contributed by atoms with E-state index in [2.05, 4.69) is 46.6 Å². The topological polar surface area (TPSA) is 88.6 Å². The molecule has 3 saturated carbocycles. The van der Waals surface area contributed by atoms with Crippen molar-refractivity contribution in [3.05, 3.63) is 71.1 Å². The van der Waals surface area contributed by atoms with Crippen LogP contribution in [0.5, 0.6) is 0 Å². The summed E-state index contributed by atoms with van der Waals surface area (Å²) in [6.45, 7) is 9.15. The Morgan fingerprint density at radius 3 is 2.36 bits per heavy atom. The molecule has 1 aromatic heterocycles. The van der Waals surface area contributed by atoms with Gasteiger partial charge in [-0.2, -0.15) is 0 Å². The largest absolute Gasteiger partial charge is 0.497 e. The standard InChI is InChI=1S/C36H49N3O4S2/c1-24(2)33(43-4)20-9-25(3)27-12-10-26(11-13-27)23-39(36(40)29-16-18-31(19-17-29)38-45(5,41)42)32-8-6-7-30(21-32)34-22-37-35(44-34)28-14-15-28/h6-9,20-22,26-29,31,38H,3,10-19,23H2,1-2,4-5H3/b20-9-. The number of benzene rings is 1. The molecule has 7 nitrogen and oxygen atoms in total. The Bertz CT molecular complexity index is 1520. The number of amides is 1. The van der Waals surface area contributed by atoms with Crippen LogP contribution in [0.25, 0.3) is 10.4 Å². The van der Waals surface area contributed by atoms with Crippen LogP contribution in [0.1, 0.15) is 89.0 Å². The van der Waals surface area contributed by atoms with E-state index in [1.54, 1.807) is 18.4 Å². The van der Waals surface area contributed by atoms with Crippen LogP contribution < -0.4 is 9.62 Å². The number of thiazole rings is 1. The van der Waals surface area contributed by atoms with E-state index >= 15 is 0 Å². The number of allylic oxidation sites excluding steroid dienone is 4. The lowest BCUT2D eigenvalue weighted by Crippen LogP contribution is -2.44. The normalized spacial score (nSPS) is 23.9. The van der Waals surface area contributed by atoms with Gasteiger partial charge in [0.05, 0.1) is 23.3 Å². The molecule has 1 amide bonds. The number of rotatable bonds is 12. The van der Waals surface area contributed by atoms with Crippen molar-refractivity contribution in [3.8, 4) is 10.4 Å². The number of ether oxygens (including phenoxy) is 1. The zero-order valence-corrected chi connectivity index (χ0v) is 28.9. The first-order chi connectivity index (χ1) is 21.5. The Kier molecular flexibility index (Phi) is 11.0. The van der Waals surface area contributed by atoms with E-state index in [1.807, 2.05) is 31.0 Å². The molecule has 0 atom stereocenters. The third kappa shape index (κ3) is 9.17. The Labute approximate surface area is 273 Å². The molecule has 9 heteroatoms. The molecule has 1 N–H and O–H groups in total. The number of carbonyl (C=O) groups excluding carboxylic acids is 1. The fraction of sp³-hybridized carbons (Fsp3) is 0.556. The highest BCUT2D eigenvalue weighted by Crippen LogP contribution is 2.44. The van der Waals surface area contributed by atoms with Gasteiger partial charge in [0, 0.05) is 36.3 Å². The van der Waals surface area contributed by atoms with Crippen molar-refractivity contribution < 1.29 is 17.9 Å². The van der Waals surface area contributed by atoms with E-state index in [4.69, 9.17) is 4.74 Å². The lowest BCUT2D eigenvalue weighted by molar-refractivity contribution is -0.123. The van der Waals surface area contributed by atoms with Gasteiger partial charge in [-0.15, -0.1) is 11.3 Å². The van der Waals surface area contributed by atoms with Crippen LogP contribution in [0, 0.1) is 17.8 Å². The molecule has 244 valence electrons. The quantitative estimate of drug-likeness (QED) is 0.186. The second-order valence-corrected chi connectivity index (χ2v) is 16.3. The molecule has 0 aliphatic heterocycles. The highest BCUT2D eigenvalue weighted by molar-refractivity contribution is 7.88. The highest BCUT2D eigenvalue weighted by atomic mass is 32.2. The van der Waals surface area contributed by atoms with Crippen LogP contribution in [-0.4, -0.2) is 45.3 Å². The van der Waals surface area contributed by atoms with Gasteiger partial charge in [0.25, 0.3) is 0 Å². The number of carbonyl (C=O) groups is 1. The number of hydrogen-bond donors (Lipinski definition) is 1. The Morgan fingerprint density at radius 1 is 1.04 bits per heavy atom. The number of anilines is 1. The maximum atomic E-state index is 14.3. The van der Waals surface area contributed by atoms with Crippen LogP contribution in [-0.2, 0) is 19.6 Å². The summed E-state index contributed by atoms with van der Waals surface area (Å²) in [6, 6.07) is 8.31. The van der Waals surface area contributed by atoms with Crippen molar-refractivity contribution in [2.45, 2.75) is 90.0 Å². The first kappa shape index (κ1) is 33.6. The summed E-state index contributed by atoms with van der Waals surface area (Å²) in [4.78, 5) is 22.1. The van der Waals surface area contributed by atoms with Crippen LogP contribution in [0.3, 0.4) is 0 Å². The van der Waals surface area contributed by atoms with Crippen molar-refractivity contribution in [2.24, 2.45) is 17.8 Å². The zero-order valence-electron chi connectivity index (χ0n) is 27.3. The smallest absolute Gasteiger partial charge is 0.230 e. The Balaban J connectivity index is 1.29. The molecular formula is C36H49N3O4S2. The number of nitrogens with zero attached hydrogens (tertiary/aromatic N) is 2. The third-order valence-corrected chi connectivity index (χ3v) is 11.6. The summed E-state index contributed by atoms with van der Waals surface area (Å²) >= 11 is 1.77. The fourth-order valence-electron chi connectivity index (χ4n) is 6.80. The Hall–Kier alpha value is -2.75. The van der Waals surface area contributed by atoms with Crippen LogP contribution in [0.4, 0.5) is 5.69 Å². The zero-order chi connectivity index (χ0) is 32.1. The summed E-state index contributed by atoms with van der Waals surface area (Å²) in [7, 11) is -1.56. The van der Waals surface area contributed by atoms with E-state index in [-0.39, 0.29) is 17.9 Å². The average molecular weight is 652 g/mol. The van der Waals surface area contributed by atoms with Crippen molar-refractivity contribution in [2.75, 3.05) is 24.8 Å². The average Bonchev–Trinajstić information content (AvgIpc) is 3.75. The number of nitrogens with one attached hydrogen (secondary N) is 1. The van der Waals surface area contributed by atoms with E-state index in [0.29, 0.717) is 50.0 Å². The molecule has 0 spiro atoms. The second kappa shape index (κ2) is 14.8. The monoisotopic (exact) mass is 651 g/mol. The third-order valence-electron chi connectivity index (χ3n) is 9.59. The van der Waals surface area contributed by atoms with E-state index < -0.39 is 10.0 Å². The van der Waals surface area contributed by atoms with Gasteiger partial charge < -0.3 is 9.64 Å². The summed E-state index contributed by atoms with van der Waals surface area (Å²) in [5, 5.41) is 1.22. The van der Waals surface area contributed by atoms with E-state index in [0.717, 1.165) is 58.7 Å². The molecule has 3 fully saturated rings. The lowest BCUT2D eigenvalue weighted by Gasteiger charge is -2.36. The molecule has 0 unspecified atom stereocenters. The first-order valence-electron chi connectivity index (χ1n) is 16.4. The summed E-state index contributed by atoms with van der Waals surface area (Å²) < 4.78 is 31.8. The molecule has 3 aliphatic rings. The molecule has 3 aliphatic carbocycles. The van der Waals surface area contributed by atoms with Gasteiger partial charge in [0.15, 0.2) is 0 Å². The lowest BCUT2D eigenvalue weighted by atomic mass is 9.78. The molecule has 1 aromatic carbocycles. The first-order valence-corrected chi connectivity index (χ1v) is 19.1. The Morgan fingerprint density at radius 2 is 1.73 bits per heavy atom. The molecule has 0 radical (unpaired) electrons. The summed E-state index contributed by atoms with van der Waals surface area (Å²) in [5.74, 6) is 2.40. The number of aromatic nitrogens is 1. The minimum Gasteiger partial charge on any atom is -0.497 e. The summed E-state index contributed by atoms with van der Waals surface area (Å²) in [5.41, 5.74) is 4.32. The highest BCUT2D eigenvalue weighted by Gasteiger charge is 2.33. The molecule has 1 heterocycles. The minimum absolute atomic E-state index is 0.0954. The number of hydrogen-bond acceptors (Lipinski definition) is 6. The van der Waals surface area contributed by atoms with Gasteiger partial charge in [-0.1, -0.05) is 30.4 Å². The van der Waals surface area contributed by atoms with Gasteiger partial charge in [0.1, 0.15) is 5.76 Å². The van der Waals surface area contributed by atoms with Gasteiger partial charge >= 0.3 is 0 Å². The van der Waals surface area contributed by atoms with E-state index in [1.165, 1.54) is 24.1 Å². The molecule has 2 aromatic rings. The van der Waals surface area contributed by atoms with Crippen molar-refractivity contribution in [3.63, 3.8) is 0 Å². The van der Waals surface area contributed by atoms with Gasteiger partial charge in [-0.3, -0.25) is 4.79 Å². The maximum Gasteiger partial charge on any atom is 0.230 e. The molecule has 0 saturated heterocycles. The fourth-order valence-corrected chi connectivity index (χ4v) is 8.73. The molecular weight excluding hydrogens is 603 g/mol. The molecule has 0 bridgehead atoms. The van der Waals surface area contributed by atoms with Crippen molar-refractivity contribution in [1.29, 1.82) is 0 Å². The predicted molar refractivity (Wildman–Crippen MR) is 185 cm³/mol. The van der Waals surface area contributed by atoms with Crippen LogP contribution in [0.15, 0.2) is 66.1 Å². The SMILES string of the molecule is C=C(/C=C\C(OC)=C(C)C)C1CCC(CN(C(=O)C2CCC(NS(C)(=O)=O)CC2)c2cccc(-c3cnc(C4CC4)s3)c2)CC1.